The Morgan fingerprint density at radius 1 is 1.56 bits per heavy atom. The SMILES string of the molecule is CCOC(=O)C(C)/C(C)=N/NC(=O)CC#N. The Labute approximate surface area is 94.3 Å². The number of hydrogen-bond acceptors (Lipinski definition) is 5. The molecule has 0 saturated carbocycles. The van der Waals surface area contributed by atoms with Gasteiger partial charge in [-0.05, 0) is 20.8 Å². The zero-order chi connectivity index (χ0) is 12.6. The number of rotatable bonds is 5. The van der Waals surface area contributed by atoms with Crippen LogP contribution in [0.3, 0.4) is 0 Å². The maximum absolute atomic E-state index is 11.3. The molecule has 0 spiro atoms. The molecule has 0 heterocycles. The molecular formula is C10H15N3O3. The van der Waals surface area contributed by atoms with E-state index >= 15 is 0 Å². The number of ether oxygens (including phenoxy) is 1. The lowest BCUT2D eigenvalue weighted by molar-refractivity contribution is -0.145. The van der Waals surface area contributed by atoms with E-state index in [1.165, 1.54) is 0 Å². The van der Waals surface area contributed by atoms with Crippen molar-refractivity contribution in [2.45, 2.75) is 27.2 Å². The van der Waals surface area contributed by atoms with Crippen molar-refractivity contribution < 1.29 is 14.3 Å². The van der Waals surface area contributed by atoms with Crippen LogP contribution in [0.15, 0.2) is 5.10 Å². The van der Waals surface area contributed by atoms with Crippen LogP contribution in [0.4, 0.5) is 0 Å². The van der Waals surface area contributed by atoms with Gasteiger partial charge in [-0.2, -0.15) is 10.4 Å². The highest BCUT2D eigenvalue weighted by atomic mass is 16.5. The summed E-state index contributed by atoms with van der Waals surface area (Å²) in [5, 5.41) is 11.9. The number of hydrogen-bond donors (Lipinski definition) is 1. The second-order valence-electron chi connectivity index (χ2n) is 3.10. The molecule has 0 rings (SSSR count). The first-order valence-electron chi connectivity index (χ1n) is 4.89. The van der Waals surface area contributed by atoms with Crippen molar-refractivity contribution in [3.05, 3.63) is 0 Å². The van der Waals surface area contributed by atoms with Gasteiger partial charge in [0.25, 0.3) is 5.91 Å². The Morgan fingerprint density at radius 3 is 2.69 bits per heavy atom. The fourth-order valence-electron chi connectivity index (χ4n) is 0.796. The van der Waals surface area contributed by atoms with Crippen LogP contribution >= 0.6 is 0 Å². The Kier molecular flexibility index (Phi) is 6.52. The quantitative estimate of drug-likeness (QED) is 0.421. The molecule has 0 bridgehead atoms. The zero-order valence-corrected chi connectivity index (χ0v) is 9.61. The highest BCUT2D eigenvalue weighted by Gasteiger charge is 2.17. The molecule has 6 heteroatoms. The maximum Gasteiger partial charge on any atom is 0.314 e. The molecule has 0 radical (unpaired) electrons. The lowest BCUT2D eigenvalue weighted by atomic mass is 10.1. The molecule has 6 nitrogen and oxygen atoms in total. The fraction of sp³-hybridized carbons (Fsp3) is 0.600. The van der Waals surface area contributed by atoms with Crippen LogP contribution in [0.5, 0.6) is 0 Å². The van der Waals surface area contributed by atoms with Crippen molar-refractivity contribution in [2.75, 3.05) is 6.61 Å². The number of amides is 1. The molecule has 16 heavy (non-hydrogen) atoms. The van der Waals surface area contributed by atoms with E-state index in [9.17, 15) is 9.59 Å². The van der Waals surface area contributed by atoms with Crippen molar-refractivity contribution in [1.29, 1.82) is 5.26 Å². The summed E-state index contributed by atoms with van der Waals surface area (Å²) < 4.78 is 4.79. The summed E-state index contributed by atoms with van der Waals surface area (Å²) in [7, 11) is 0. The molecular weight excluding hydrogens is 210 g/mol. The molecule has 0 aliphatic carbocycles. The van der Waals surface area contributed by atoms with Gasteiger partial charge in [-0.15, -0.1) is 0 Å². The number of nitrogens with zero attached hydrogens (tertiary/aromatic N) is 2. The third kappa shape index (κ3) is 5.10. The molecule has 0 aromatic rings. The van der Waals surface area contributed by atoms with Crippen molar-refractivity contribution in [3.8, 4) is 6.07 Å². The third-order valence-electron chi connectivity index (χ3n) is 1.86. The number of nitrogens with one attached hydrogen (secondary N) is 1. The van der Waals surface area contributed by atoms with E-state index in [0.29, 0.717) is 12.3 Å². The predicted octanol–water partition coefficient (Wildman–Crippen LogP) is 0.591. The van der Waals surface area contributed by atoms with E-state index in [0.717, 1.165) is 0 Å². The molecule has 1 atom stereocenters. The zero-order valence-electron chi connectivity index (χ0n) is 9.61. The van der Waals surface area contributed by atoms with E-state index < -0.39 is 17.8 Å². The van der Waals surface area contributed by atoms with Crippen LogP contribution in [0.2, 0.25) is 0 Å². The lowest BCUT2D eigenvalue weighted by Crippen LogP contribution is -2.25. The molecule has 0 aromatic heterocycles. The summed E-state index contributed by atoms with van der Waals surface area (Å²) in [6.45, 7) is 5.25. The first kappa shape index (κ1) is 14.1. The Balaban J connectivity index is 4.27. The molecule has 1 unspecified atom stereocenters. The number of esters is 1. The highest BCUT2D eigenvalue weighted by molar-refractivity contribution is 6.00. The molecule has 1 amide bonds. The normalized spacial score (nSPS) is 12.5. The van der Waals surface area contributed by atoms with Gasteiger partial charge in [-0.1, -0.05) is 0 Å². The van der Waals surface area contributed by atoms with Crippen molar-refractivity contribution in [2.24, 2.45) is 11.0 Å². The van der Waals surface area contributed by atoms with E-state index in [2.05, 4.69) is 10.5 Å². The fourth-order valence-corrected chi connectivity index (χ4v) is 0.796. The smallest absolute Gasteiger partial charge is 0.314 e. The third-order valence-corrected chi connectivity index (χ3v) is 1.86. The van der Waals surface area contributed by atoms with Gasteiger partial charge in [-0.3, -0.25) is 9.59 Å². The first-order chi connectivity index (χ1) is 7.52. The van der Waals surface area contributed by atoms with Gasteiger partial charge >= 0.3 is 5.97 Å². The van der Waals surface area contributed by atoms with Crippen LogP contribution < -0.4 is 5.43 Å². The van der Waals surface area contributed by atoms with Crippen molar-refractivity contribution >= 4 is 17.6 Å². The van der Waals surface area contributed by atoms with Crippen molar-refractivity contribution in [3.63, 3.8) is 0 Å². The first-order valence-corrected chi connectivity index (χ1v) is 4.89. The summed E-state index contributed by atoms with van der Waals surface area (Å²) >= 11 is 0. The predicted molar refractivity (Wildman–Crippen MR) is 57.3 cm³/mol. The van der Waals surface area contributed by atoms with Gasteiger partial charge in [0, 0.05) is 5.71 Å². The Hall–Kier alpha value is -1.90. The van der Waals surface area contributed by atoms with Crippen LogP contribution in [-0.4, -0.2) is 24.2 Å². The number of carbonyl (C=O) groups is 2. The van der Waals surface area contributed by atoms with Crippen LogP contribution in [0.25, 0.3) is 0 Å². The standard InChI is InChI=1S/C10H15N3O3/c1-4-16-10(15)7(2)8(3)12-13-9(14)5-6-11/h7H,4-5H2,1-3H3,(H,13,14)/b12-8+. The molecule has 0 aliphatic heterocycles. The summed E-state index contributed by atoms with van der Waals surface area (Å²) in [6.07, 6.45) is -0.259. The minimum absolute atomic E-state index is 0.259. The Morgan fingerprint density at radius 2 is 2.19 bits per heavy atom. The van der Waals surface area contributed by atoms with Gasteiger partial charge in [0.05, 0.1) is 18.6 Å². The average Bonchev–Trinajstić information content (AvgIpc) is 2.25. The van der Waals surface area contributed by atoms with E-state index in [-0.39, 0.29) is 6.42 Å². The van der Waals surface area contributed by atoms with Gasteiger partial charge in [-0.25, -0.2) is 5.43 Å². The molecule has 0 saturated heterocycles. The Bertz CT molecular complexity index is 331. The lowest BCUT2D eigenvalue weighted by Gasteiger charge is -2.09. The van der Waals surface area contributed by atoms with Crippen LogP contribution in [0, 0.1) is 17.2 Å². The second-order valence-corrected chi connectivity index (χ2v) is 3.10. The van der Waals surface area contributed by atoms with Gasteiger partial charge in [0.15, 0.2) is 0 Å². The van der Waals surface area contributed by atoms with E-state index in [1.807, 2.05) is 0 Å². The van der Waals surface area contributed by atoms with Crippen molar-refractivity contribution in [1.82, 2.24) is 5.43 Å². The summed E-state index contributed by atoms with van der Waals surface area (Å²) in [5.41, 5.74) is 2.61. The minimum Gasteiger partial charge on any atom is -0.465 e. The molecule has 0 aromatic carbocycles. The summed E-state index contributed by atoms with van der Waals surface area (Å²) in [6, 6.07) is 1.69. The molecule has 0 aliphatic rings. The largest absolute Gasteiger partial charge is 0.465 e. The molecule has 0 fully saturated rings. The van der Waals surface area contributed by atoms with Gasteiger partial charge < -0.3 is 4.74 Å². The van der Waals surface area contributed by atoms with Gasteiger partial charge in [0.1, 0.15) is 6.42 Å². The number of hydrazone groups is 1. The number of carbonyl (C=O) groups excluding carboxylic acids is 2. The summed E-state index contributed by atoms with van der Waals surface area (Å²) in [5.74, 6) is -1.40. The van der Waals surface area contributed by atoms with E-state index in [4.69, 9.17) is 10.00 Å². The maximum atomic E-state index is 11.3. The van der Waals surface area contributed by atoms with Crippen LogP contribution in [-0.2, 0) is 14.3 Å². The number of nitriles is 1. The van der Waals surface area contributed by atoms with Crippen LogP contribution in [0.1, 0.15) is 27.2 Å². The monoisotopic (exact) mass is 225 g/mol. The molecule has 1 N–H and O–H groups in total. The minimum atomic E-state index is -0.512. The topological polar surface area (TPSA) is 91.5 Å². The van der Waals surface area contributed by atoms with Gasteiger partial charge in [0.2, 0.25) is 0 Å². The second kappa shape index (κ2) is 7.40. The van der Waals surface area contributed by atoms with E-state index in [1.54, 1.807) is 26.8 Å². The summed E-state index contributed by atoms with van der Waals surface area (Å²) in [4.78, 5) is 22.2. The average molecular weight is 225 g/mol. The molecule has 88 valence electrons. The highest BCUT2D eigenvalue weighted by Crippen LogP contribution is 2.01.